The number of fused-ring (bicyclic) bond motifs is 1. The van der Waals surface area contributed by atoms with Crippen molar-refractivity contribution in [2.45, 2.75) is 26.2 Å². The van der Waals surface area contributed by atoms with Crippen molar-refractivity contribution in [1.82, 2.24) is 0 Å². The van der Waals surface area contributed by atoms with E-state index < -0.39 is 5.97 Å². The average Bonchev–Trinajstić information content (AvgIpc) is 3.09. The molecule has 0 radical (unpaired) electrons. The third kappa shape index (κ3) is 4.72. The molecule has 3 aromatic carbocycles. The van der Waals surface area contributed by atoms with Gasteiger partial charge < -0.3 is 14.2 Å². The Morgan fingerprint density at radius 3 is 2.31 bits per heavy atom. The van der Waals surface area contributed by atoms with Gasteiger partial charge in [0.1, 0.15) is 17.2 Å². The highest BCUT2D eigenvalue weighted by atomic mass is 16.5. The number of carbonyl (C=O) groups excluding carboxylic acids is 2. The first-order valence-corrected chi connectivity index (χ1v) is 10.4. The van der Waals surface area contributed by atoms with Crippen molar-refractivity contribution in [2.75, 3.05) is 7.11 Å². The van der Waals surface area contributed by atoms with Crippen molar-refractivity contribution in [3.63, 3.8) is 0 Å². The van der Waals surface area contributed by atoms with Crippen LogP contribution < -0.4 is 14.2 Å². The van der Waals surface area contributed by atoms with Crippen molar-refractivity contribution in [3.8, 4) is 17.2 Å². The van der Waals surface area contributed by atoms with Crippen LogP contribution in [0, 0.1) is 0 Å². The van der Waals surface area contributed by atoms with Gasteiger partial charge in [-0.3, -0.25) is 9.59 Å². The van der Waals surface area contributed by atoms with Crippen molar-refractivity contribution < 1.29 is 23.8 Å². The number of hydrogen-bond acceptors (Lipinski definition) is 5. The molecule has 0 spiro atoms. The van der Waals surface area contributed by atoms with E-state index in [1.54, 1.807) is 43.5 Å². The highest BCUT2D eigenvalue weighted by Crippen LogP contribution is 2.35. The van der Waals surface area contributed by atoms with Crippen LogP contribution >= 0.6 is 0 Å². The maximum Gasteiger partial charge on any atom is 0.315 e. The second kappa shape index (κ2) is 9.10. The molecule has 0 fully saturated rings. The number of Topliss-reactive ketones (excluding diaryl/α,β-unsaturated/α-hetero) is 1. The van der Waals surface area contributed by atoms with Gasteiger partial charge >= 0.3 is 5.97 Å². The van der Waals surface area contributed by atoms with E-state index in [0.29, 0.717) is 23.0 Å². The number of carbonyl (C=O) groups is 2. The van der Waals surface area contributed by atoms with E-state index in [1.165, 1.54) is 5.56 Å². The summed E-state index contributed by atoms with van der Waals surface area (Å²) in [7, 11) is 1.59. The summed E-state index contributed by atoms with van der Waals surface area (Å²) in [5.74, 6) is 1.54. The van der Waals surface area contributed by atoms with Gasteiger partial charge in [-0.2, -0.15) is 0 Å². The van der Waals surface area contributed by atoms with Gasteiger partial charge in [0.15, 0.2) is 5.76 Å². The molecule has 4 rings (SSSR count). The molecule has 0 N–H and O–H groups in total. The maximum absolute atomic E-state index is 12.7. The first-order chi connectivity index (χ1) is 15.4. The summed E-state index contributed by atoms with van der Waals surface area (Å²) >= 11 is 0. The number of benzene rings is 3. The highest BCUT2D eigenvalue weighted by molar-refractivity contribution is 6.14. The van der Waals surface area contributed by atoms with Crippen molar-refractivity contribution in [2.24, 2.45) is 0 Å². The van der Waals surface area contributed by atoms with Crippen molar-refractivity contribution >= 4 is 17.8 Å². The normalized spacial score (nSPS) is 13.8. The van der Waals surface area contributed by atoms with Crippen LogP contribution in [0.5, 0.6) is 17.2 Å². The Morgan fingerprint density at radius 2 is 1.66 bits per heavy atom. The van der Waals surface area contributed by atoms with E-state index in [1.807, 2.05) is 36.4 Å². The lowest BCUT2D eigenvalue weighted by Crippen LogP contribution is -2.11. The predicted molar refractivity (Wildman–Crippen MR) is 122 cm³/mol. The zero-order chi connectivity index (χ0) is 22.7. The van der Waals surface area contributed by atoms with Gasteiger partial charge in [-0.05, 0) is 52.9 Å². The molecule has 0 atom stereocenters. The molecule has 0 amide bonds. The lowest BCUT2D eigenvalue weighted by molar-refractivity contribution is -0.133. The second-order valence-corrected chi connectivity index (χ2v) is 7.92. The molecule has 0 aliphatic carbocycles. The average molecular weight is 428 g/mol. The Bertz CT molecular complexity index is 1170. The van der Waals surface area contributed by atoms with Crippen LogP contribution in [0.25, 0.3) is 6.08 Å². The lowest BCUT2D eigenvalue weighted by atomic mass is 10.0. The van der Waals surface area contributed by atoms with E-state index in [9.17, 15) is 9.59 Å². The largest absolute Gasteiger partial charge is 0.497 e. The minimum Gasteiger partial charge on any atom is -0.497 e. The second-order valence-electron chi connectivity index (χ2n) is 7.92. The van der Waals surface area contributed by atoms with Crippen molar-refractivity contribution in [3.05, 3.63) is 94.7 Å². The molecule has 5 nitrogen and oxygen atoms in total. The summed E-state index contributed by atoms with van der Waals surface area (Å²) in [6.07, 6.45) is 1.85. The minimum atomic E-state index is -0.402. The molecule has 0 saturated carbocycles. The third-order valence-electron chi connectivity index (χ3n) is 5.28. The fourth-order valence-corrected chi connectivity index (χ4v) is 3.44. The molecule has 0 unspecified atom stereocenters. The monoisotopic (exact) mass is 428 g/mol. The third-order valence-corrected chi connectivity index (χ3v) is 5.28. The lowest BCUT2D eigenvalue weighted by Gasteiger charge is -2.06. The highest BCUT2D eigenvalue weighted by Gasteiger charge is 2.28. The summed E-state index contributed by atoms with van der Waals surface area (Å²) in [6, 6.07) is 20.0. The Kier molecular flexibility index (Phi) is 6.08. The van der Waals surface area contributed by atoms with E-state index in [-0.39, 0.29) is 18.0 Å². The van der Waals surface area contributed by atoms with Gasteiger partial charge in [0, 0.05) is 6.07 Å². The van der Waals surface area contributed by atoms with Gasteiger partial charge in [-0.15, -0.1) is 0 Å². The number of methoxy groups -OCH3 is 1. The summed E-state index contributed by atoms with van der Waals surface area (Å²) in [6.45, 7) is 4.27. The standard InChI is InChI=1S/C27H24O5/c1-17(2)20-8-4-18(5-9-20)14-25-27(29)23-13-12-22(16-24(23)32-25)31-26(28)15-19-6-10-21(30-3)11-7-19/h4-14,16-17H,15H2,1-3H3/b25-14-. The number of ether oxygens (including phenoxy) is 3. The summed E-state index contributed by atoms with van der Waals surface area (Å²) < 4.78 is 16.3. The van der Waals surface area contributed by atoms with E-state index in [2.05, 4.69) is 13.8 Å². The molecule has 0 saturated heterocycles. The molecule has 162 valence electrons. The van der Waals surface area contributed by atoms with E-state index in [4.69, 9.17) is 14.2 Å². The molecule has 0 aromatic heterocycles. The van der Waals surface area contributed by atoms with Crippen LogP contribution in [0.1, 0.15) is 46.8 Å². The fourth-order valence-electron chi connectivity index (χ4n) is 3.44. The molecule has 1 aliphatic rings. The van der Waals surface area contributed by atoms with Crippen LogP contribution in [-0.4, -0.2) is 18.9 Å². The molecule has 3 aromatic rings. The number of rotatable bonds is 6. The van der Waals surface area contributed by atoms with Crippen LogP contribution in [-0.2, 0) is 11.2 Å². The Morgan fingerprint density at radius 1 is 0.969 bits per heavy atom. The van der Waals surface area contributed by atoms with Crippen LogP contribution in [0.3, 0.4) is 0 Å². The van der Waals surface area contributed by atoms with Gasteiger partial charge in [0.2, 0.25) is 5.78 Å². The van der Waals surface area contributed by atoms with E-state index >= 15 is 0 Å². The predicted octanol–water partition coefficient (Wildman–Crippen LogP) is 5.58. The zero-order valence-electron chi connectivity index (χ0n) is 18.3. The van der Waals surface area contributed by atoms with Crippen LogP contribution in [0.2, 0.25) is 0 Å². The number of allylic oxidation sites excluding steroid dienone is 1. The zero-order valence-corrected chi connectivity index (χ0v) is 18.3. The smallest absolute Gasteiger partial charge is 0.315 e. The molecule has 5 heteroatoms. The maximum atomic E-state index is 12.7. The Labute approximate surface area is 187 Å². The first kappa shape index (κ1) is 21.4. The Hall–Kier alpha value is -3.86. The van der Waals surface area contributed by atoms with Crippen molar-refractivity contribution in [1.29, 1.82) is 0 Å². The SMILES string of the molecule is COc1ccc(CC(=O)Oc2ccc3c(c2)O/C(=C\c2ccc(C(C)C)cc2)C3=O)cc1. The fraction of sp³-hybridized carbons (Fsp3) is 0.185. The molecular weight excluding hydrogens is 404 g/mol. The van der Waals surface area contributed by atoms with Gasteiger partial charge in [-0.1, -0.05) is 50.2 Å². The molecule has 32 heavy (non-hydrogen) atoms. The van der Waals surface area contributed by atoms with Crippen LogP contribution in [0.4, 0.5) is 0 Å². The quantitative estimate of drug-likeness (QED) is 0.291. The summed E-state index contributed by atoms with van der Waals surface area (Å²) in [5, 5.41) is 0. The number of hydrogen-bond donors (Lipinski definition) is 0. The molecular formula is C27H24O5. The summed E-state index contributed by atoms with van der Waals surface area (Å²) in [5.41, 5.74) is 3.38. The number of ketones is 1. The Balaban J connectivity index is 1.44. The van der Waals surface area contributed by atoms with Gasteiger partial charge in [-0.25, -0.2) is 0 Å². The van der Waals surface area contributed by atoms with E-state index in [0.717, 1.165) is 16.9 Å². The molecule has 1 heterocycles. The minimum absolute atomic E-state index is 0.123. The van der Waals surface area contributed by atoms with Gasteiger partial charge in [0.25, 0.3) is 0 Å². The molecule has 0 bridgehead atoms. The summed E-state index contributed by atoms with van der Waals surface area (Å²) in [4.78, 5) is 25.0. The topological polar surface area (TPSA) is 61.8 Å². The first-order valence-electron chi connectivity index (χ1n) is 10.4. The number of esters is 1. The van der Waals surface area contributed by atoms with Gasteiger partial charge in [0.05, 0.1) is 19.1 Å². The van der Waals surface area contributed by atoms with Crippen LogP contribution in [0.15, 0.2) is 72.5 Å². The molecule has 1 aliphatic heterocycles.